The fourth-order valence-corrected chi connectivity index (χ4v) is 2.75. The van der Waals surface area contributed by atoms with Crippen molar-refractivity contribution in [2.45, 2.75) is 23.8 Å². The first-order valence-corrected chi connectivity index (χ1v) is 7.13. The van der Waals surface area contributed by atoms with Gasteiger partial charge in [-0.1, -0.05) is 0 Å². The Hall–Kier alpha value is -0.960. The van der Waals surface area contributed by atoms with Crippen LogP contribution in [-0.4, -0.2) is 27.5 Å². The van der Waals surface area contributed by atoms with E-state index in [1.807, 2.05) is 0 Å². The zero-order valence-electron chi connectivity index (χ0n) is 9.47. The summed E-state index contributed by atoms with van der Waals surface area (Å²) in [6.45, 7) is 1.88. The second-order valence-corrected chi connectivity index (χ2v) is 6.32. The normalized spacial score (nSPS) is 13.4. The largest absolute Gasteiger partial charge is 0.372 e. The highest BCUT2D eigenvalue weighted by molar-refractivity contribution is 7.91. The van der Waals surface area contributed by atoms with Crippen molar-refractivity contribution in [2.24, 2.45) is 5.14 Å². The minimum Gasteiger partial charge on any atom is -0.372 e. The molecule has 1 heterocycles. The first kappa shape index (κ1) is 14.1. The van der Waals surface area contributed by atoms with Gasteiger partial charge in [0, 0.05) is 12.0 Å². The van der Waals surface area contributed by atoms with Crippen LogP contribution in [0.15, 0.2) is 16.3 Å². The number of carbonyl (C=O) groups is 1. The molecular weight excluding hydrogens is 264 g/mol. The molecule has 1 unspecified atom stereocenters. The van der Waals surface area contributed by atoms with Gasteiger partial charge in [0.05, 0.1) is 6.54 Å². The van der Waals surface area contributed by atoms with Gasteiger partial charge >= 0.3 is 0 Å². The van der Waals surface area contributed by atoms with Crippen molar-refractivity contribution in [1.82, 2.24) is 5.32 Å². The van der Waals surface area contributed by atoms with Crippen molar-refractivity contribution in [3.63, 3.8) is 0 Å². The molecule has 1 aromatic rings. The van der Waals surface area contributed by atoms with Crippen LogP contribution >= 0.6 is 11.3 Å². The quantitative estimate of drug-likeness (QED) is 0.794. The van der Waals surface area contributed by atoms with Gasteiger partial charge in [0.1, 0.15) is 10.3 Å². The van der Waals surface area contributed by atoms with Crippen molar-refractivity contribution in [3.05, 3.63) is 17.0 Å². The van der Waals surface area contributed by atoms with Gasteiger partial charge in [-0.15, -0.1) is 11.3 Å². The lowest BCUT2D eigenvalue weighted by Crippen LogP contribution is -2.33. The van der Waals surface area contributed by atoms with Crippen LogP contribution < -0.4 is 10.5 Å². The van der Waals surface area contributed by atoms with E-state index in [-0.39, 0.29) is 16.7 Å². The van der Waals surface area contributed by atoms with Crippen LogP contribution in [0.1, 0.15) is 11.8 Å². The standard InChI is InChI=1S/C9H14N2O4S2/c1-6(15-2)9(12)11-5-7-3-4-8(16-7)17(10,13)14/h3-4,6H,5H2,1-2H3,(H,11,12)(H2,10,13,14). The Kier molecular flexibility index (Phi) is 4.63. The van der Waals surface area contributed by atoms with Gasteiger partial charge in [-0.05, 0) is 19.1 Å². The summed E-state index contributed by atoms with van der Waals surface area (Å²) < 4.78 is 27.0. The van der Waals surface area contributed by atoms with E-state index in [2.05, 4.69) is 5.32 Å². The molecule has 8 heteroatoms. The van der Waals surface area contributed by atoms with E-state index in [0.29, 0.717) is 4.88 Å². The zero-order chi connectivity index (χ0) is 13.1. The van der Waals surface area contributed by atoms with Gasteiger partial charge in [0.25, 0.3) is 0 Å². The highest BCUT2D eigenvalue weighted by atomic mass is 32.2. The SMILES string of the molecule is COC(C)C(=O)NCc1ccc(S(N)(=O)=O)s1. The zero-order valence-corrected chi connectivity index (χ0v) is 11.1. The molecule has 1 atom stereocenters. The van der Waals surface area contributed by atoms with Gasteiger partial charge in [-0.2, -0.15) is 0 Å². The number of thiophene rings is 1. The Labute approximate surface area is 104 Å². The molecule has 1 rings (SSSR count). The van der Waals surface area contributed by atoms with Crippen LogP contribution in [0.5, 0.6) is 0 Å². The topological polar surface area (TPSA) is 98.5 Å². The number of primary sulfonamides is 1. The Morgan fingerprint density at radius 3 is 2.71 bits per heavy atom. The van der Waals surface area contributed by atoms with Crippen LogP contribution in [0.25, 0.3) is 0 Å². The fourth-order valence-electron chi connectivity index (χ4n) is 1.03. The summed E-state index contributed by atoms with van der Waals surface area (Å²) in [5.74, 6) is -0.252. The number of methoxy groups -OCH3 is 1. The number of nitrogens with one attached hydrogen (secondary N) is 1. The summed E-state index contributed by atoms with van der Waals surface area (Å²) in [5, 5.41) is 7.60. The Morgan fingerprint density at radius 2 is 2.24 bits per heavy atom. The van der Waals surface area contributed by atoms with Crippen LogP contribution in [0.3, 0.4) is 0 Å². The third kappa shape index (κ3) is 4.08. The lowest BCUT2D eigenvalue weighted by atomic mass is 10.3. The molecule has 1 amide bonds. The number of sulfonamides is 1. The van der Waals surface area contributed by atoms with Crippen molar-refractivity contribution >= 4 is 27.3 Å². The van der Waals surface area contributed by atoms with Crippen LogP contribution in [0.2, 0.25) is 0 Å². The maximum atomic E-state index is 11.4. The predicted octanol–water partition coefficient (Wildman–Crippen LogP) is 0.0466. The second-order valence-electron chi connectivity index (χ2n) is 3.36. The highest BCUT2D eigenvalue weighted by Gasteiger charge is 2.13. The average Bonchev–Trinajstić information content (AvgIpc) is 2.72. The third-order valence-corrected chi connectivity index (χ3v) is 4.60. The van der Waals surface area contributed by atoms with E-state index in [1.54, 1.807) is 13.0 Å². The minimum atomic E-state index is -3.66. The Bertz CT molecular complexity index is 495. The Balaban J connectivity index is 2.60. The molecule has 0 spiro atoms. The van der Waals surface area contributed by atoms with E-state index in [0.717, 1.165) is 11.3 Å². The van der Waals surface area contributed by atoms with E-state index in [1.165, 1.54) is 13.2 Å². The van der Waals surface area contributed by atoms with Crippen molar-refractivity contribution in [1.29, 1.82) is 0 Å². The van der Waals surface area contributed by atoms with Gasteiger partial charge in [-0.3, -0.25) is 4.79 Å². The van der Waals surface area contributed by atoms with E-state index in [4.69, 9.17) is 9.88 Å². The van der Waals surface area contributed by atoms with Crippen LogP contribution in [-0.2, 0) is 26.1 Å². The lowest BCUT2D eigenvalue weighted by Gasteiger charge is -2.09. The minimum absolute atomic E-state index is 0.0848. The van der Waals surface area contributed by atoms with Crippen molar-refractivity contribution < 1.29 is 17.9 Å². The maximum absolute atomic E-state index is 11.4. The number of carbonyl (C=O) groups excluding carboxylic acids is 1. The van der Waals surface area contributed by atoms with Crippen molar-refractivity contribution in [2.75, 3.05) is 7.11 Å². The smallest absolute Gasteiger partial charge is 0.249 e. The van der Waals surface area contributed by atoms with E-state index < -0.39 is 16.1 Å². The number of hydrogen-bond acceptors (Lipinski definition) is 5. The first-order chi connectivity index (χ1) is 7.84. The lowest BCUT2D eigenvalue weighted by molar-refractivity contribution is -0.130. The summed E-state index contributed by atoms with van der Waals surface area (Å²) in [4.78, 5) is 12.1. The summed E-state index contributed by atoms with van der Waals surface area (Å²) in [7, 11) is -2.22. The van der Waals surface area contributed by atoms with Gasteiger partial charge < -0.3 is 10.1 Å². The molecule has 0 saturated heterocycles. The molecule has 96 valence electrons. The summed E-state index contributed by atoms with van der Waals surface area (Å²) in [6.07, 6.45) is -0.535. The Morgan fingerprint density at radius 1 is 1.59 bits per heavy atom. The molecule has 0 radical (unpaired) electrons. The predicted molar refractivity (Wildman–Crippen MR) is 64.0 cm³/mol. The summed E-state index contributed by atoms with van der Waals surface area (Å²) in [6, 6.07) is 3.03. The van der Waals surface area contributed by atoms with Gasteiger partial charge in [0.15, 0.2) is 0 Å². The van der Waals surface area contributed by atoms with Crippen LogP contribution in [0.4, 0.5) is 0 Å². The van der Waals surface area contributed by atoms with E-state index in [9.17, 15) is 13.2 Å². The van der Waals surface area contributed by atoms with Crippen molar-refractivity contribution in [3.8, 4) is 0 Å². The molecule has 6 nitrogen and oxygen atoms in total. The monoisotopic (exact) mass is 278 g/mol. The van der Waals surface area contributed by atoms with E-state index >= 15 is 0 Å². The number of hydrogen-bond donors (Lipinski definition) is 2. The molecule has 0 aliphatic heterocycles. The van der Waals surface area contributed by atoms with Gasteiger partial charge in [0.2, 0.25) is 15.9 Å². The molecule has 0 aromatic carbocycles. The fraction of sp³-hybridized carbons (Fsp3) is 0.444. The van der Waals surface area contributed by atoms with Gasteiger partial charge in [-0.25, -0.2) is 13.6 Å². The molecule has 0 aliphatic rings. The maximum Gasteiger partial charge on any atom is 0.249 e. The molecule has 0 aliphatic carbocycles. The number of amides is 1. The molecular formula is C9H14N2O4S2. The number of rotatable bonds is 5. The highest BCUT2D eigenvalue weighted by Crippen LogP contribution is 2.19. The van der Waals surface area contributed by atoms with Crippen LogP contribution in [0, 0.1) is 0 Å². The first-order valence-electron chi connectivity index (χ1n) is 4.76. The third-order valence-electron chi connectivity index (χ3n) is 2.08. The molecule has 3 N–H and O–H groups in total. The second kappa shape index (κ2) is 5.58. The molecule has 0 bridgehead atoms. The molecule has 17 heavy (non-hydrogen) atoms. The average molecular weight is 278 g/mol. The number of nitrogens with two attached hydrogens (primary N) is 1. The number of ether oxygens (including phenoxy) is 1. The molecule has 1 aromatic heterocycles. The molecule has 0 fully saturated rings. The summed E-state index contributed by atoms with van der Waals surface area (Å²) in [5.41, 5.74) is 0. The summed E-state index contributed by atoms with van der Waals surface area (Å²) >= 11 is 1.03. The molecule has 0 saturated carbocycles.